The van der Waals surface area contributed by atoms with Crippen molar-refractivity contribution in [3.05, 3.63) is 35.9 Å². The molecular formula is C28H45N3O6. The van der Waals surface area contributed by atoms with Crippen molar-refractivity contribution in [2.45, 2.75) is 98.4 Å². The lowest BCUT2D eigenvalue weighted by Gasteiger charge is -2.43. The highest BCUT2D eigenvalue weighted by molar-refractivity contribution is 5.93. The number of hydrogen-bond acceptors (Lipinski definition) is 6. The van der Waals surface area contributed by atoms with Crippen LogP contribution in [0.3, 0.4) is 0 Å². The molecule has 0 saturated heterocycles. The number of nitrogens with zero attached hydrogens (tertiary/aromatic N) is 1. The second-order valence-corrected chi connectivity index (χ2v) is 11.0. The van der Waals surface area contributed by atoms with Gasteiger partial charge in [-0.25, -0.2) is 4.79 Å². The van der Waals surface area contributed by atoms with Crippen molar-refractivity contribution in [1.82, 2.24) is 15.5 Å². The summed E-state index contributed by atoms with van der Waals surface area (Å²) in [5.74, 6) is -1.48. The summed E-state index contributed by atoms with van der Waals surface area (Å²) in [5, 5.41) is 5.54. The van der Waals surface area contributed by atoms with E-state index in [9.17, 15) is 19.2 Å². The third kappa shape index (κ3) is 10.4. The first-order chi connectivity index (χ1) is 17.1. The molecule has 2 N–H and O–H groups in total. The molecule has 3 unspecified atom stereocenters. The minimum absolute atomic E-state index is 0.0141. The molecule has 9 heteroatoms. The predicted molar refractivity (Wildman–Crippen MR) is 143 cm³/mol. The zero-order valence-corrected chi connectivity index (χ0v) is 23.8. The molecule has 9 nitrogen and oxygen atoms in total. The maximum atomic E-state index is 14.2. The van der Waals surface area contributed by atoms with Gasteiger partial charge in [0.05, 0.1) is 13.0 Å². The number of esters is 1. The fraction of sp³-hybridized carbons (Fsp3) is 0.643. The van der Waals surface area contributed by atoms with E-state index in [0.29, 0.717) is 12.0 Å². The Labute approximate surface area is 221 Å². The van der Waals surface area contributed by atoms with E-state index in [1.807, 2.05) is 40.7 Å². The smallest absolute Gasteiger partial charge is 0.408 e. The van der Waals surface area contributed by atoms with Gasteiger partial charge in [-0.1, -0.05) is 50.6 Å². The maximum absolute atomic E-state index is 14.2. The average molecular weight is 520 g/mol. The Morgan fingerprint density at radius 2 is 1.57 bits per heavy atom. The van der Waals surface area contributed by atoms with E-state index in [1.54, 1.807) is 52.0 Å². The highest BCUT2D eigenvalue weighted by atomic mass is 16.6. The molecule has 0 aliphatic carbocycles. The summed E-state index contributed by atoms with van der Waals surface area (Å²) in [4.78, 5) is 53.7. The van der Waals surface area contributed by atoms with Crippen LogP contribution in [0.15, 0.2) is 30.3 Å². The van der Waals surface area contributed by atoms with E-state index in [-0.39, 0.29) is 25.5 Å². The number of ether oxygens (including phenoxy) is 2. The van der Waals surface area contributed by atoms with Crippen LogP contribution in [0, 0.1) is 5.92 Å². The molecule has 0 fully saturated rings. The molecule has 1 aromatic rings. The van der Waals surface area contributed by atoms with E-state index in [1.165, 1.54) is 4.90 Å². The third-order valence-electron chi connectivity index (χ3n) is 5.67. The van der Waals surface area contributed by atoms with Crippen molar-refractivity contribution in [2.24, 2.45) is 5.92 Å². The number of alkyl carbamates (subject to hydrolysis) is 1. The molecule has 0 aliphatic heterocycles. The molecule has 0 aromatic heterocycles. The van der Waals surface area contributed by atoms with Crippen LogP contribution in [-0.2, 0) is 23.9 Å². The van der Waals surface area contributed by atoms with Gasteiger partial charge in [0.25, 0.3) is 0 Å². The van der Waals surface area contributed by atoms with Crippen LogP contribution in [0.4, 0.5) is 4.79 Å². The summed E-state index contributed by atoms with van der Waals surface area (Å²) < 4.78 is 10.4. The summed E-state index contributed by atoms with van der Waals surface area (Å²) in [6.07, 6.45) is -0.0678. The Kier molecular flexibility index (Phi) is 12.1. The van der Waals surface area contributed by atoms with Crippen LogP contribution in [0.5, 0.6) is 0 Å². The SMILES string of the molecule is CCOC(=O)CCNC(=O)C(c1ccccc1)N(C(=O)C(NC(=O)OC(C)(C)C)C(C)CC)C(C)(C)C. The van der Waals surface area contributed by atoms with E-state index in [0.717, 1.165) is 0 Å². The van der Waals surface area contributed by atoms with Gasteiger partial charge in [0.15, 0.2) is 0 Å². The Bertz CT molecular complexity index is 905. The quantitative estimate of drug-likeness (QED) is 0.420. The van der Waals surface area contributed by atoms with Crippen molar-refractivity contribution in [2.75, 3.05) is 13.2 Å². The summed E-state index contributed by atoms with van der Waals surface area (Å²) in [5.41, 5.74) is -0.917. The van der Waals surface area contributed by atoms with Crippen LogP contribution in [-0.4, -0.2) is 59.1 Å². The first-order valence-corrected chi connectivity index (χ1v) is 12.9. The predicted octanol–water partition coefficient (Wildman–Crippen LogP) is 4.36. The second-order valence-electron chi connectivity index (χ2n) is 11.0. The monoisotopic (exact) mass is 519 g/mol. The molecule has 0 saturated carbocycles. The molecule has 3 atom stereocenters. The van der Waals surface area contributed by atoms with Crippen LogP contribution in [0.25, 0.3) is 0 Å². The molecule has 0 heterocycles. The largest absolute Gasteiger partial charge is 0.466 e. The van der Waals surface area contributed by atoms with Crippen molar-refractivity contribution in [3.63, 3.8) is 0 Å². The number of carbonyl (C=O) groups excluding carboxylic acids is 4. The van der Waals surface area contributed by atoms with Crippen LogP contribution < -0.4 is 10.6 Å². The Balaban J connectivity index is 3.43. The van der Waals surface area contributed by atoms with Gasteiger partial charge in [-0.3, -0.25) is 14.4 Å². The Morgan fingerprint density at radius 3 is 2.05 bits per heavy atom. The lowest BCUT2D eigenvalue weighted by Crippen LogP contribution is -2.60. The summed E-state index contributed by atoms with van der Waals surface area (Å²) >= 11 is 0. The molecule has 0 aliphatic rings. The first kappa shape index (κ1) is 31.9. The number of carbonyl (C=O) groups is 4. The molecule has 37 heavy (non-hydrogen) atoms. The van der Waals surface area contributed by atoms with E-state index in [2.05, 4.69) is 10.6 Å². The molecule has 208 valence electrons. The maximum Gasteiger partial charge on any atom is 0.408 e. The van der Waals surface area contributed by atoms with Crippen molar-refractivity contribution >= 4 is 23.9 Å². The average Bonchev–Trinajstić information content (AvgIpc) is 2.78. The van der Waals surface area contributed by atoms with E-state index >= 15 is 0 Å². The van der Waals surface area contributed by atoms with Crippen LogP contribution in [0.1, 0.15) is 86.8 Å². The number of nitrogens with one attached hydrogen (secondary N) is 2. The second kappa shape index (κ2) is 14.0. The van der Waals surface area contributed by atoms with Crippen molar-refractivity contribution in [1.29, 1.82) is 0 Å². The molecule has 1 rings (SSSR count). The fourth-order valence-corrected chi connectivity index (χ4v) is 3.78. The third-order valence-corrected chi connectivity index (χ3v) is 5.67. The van der Waals surface area contributed by atoms with Gasteiger partial charge < -0.3 is 25.0 Å². The highest BCUT2D eigenvalue weighted by Crippen LogP contribution is 2.31. The fourth-order valence-electron chi connectivity index (χ4n) is 3.78. The lowest BCUT2D eigenvalue weighted by molar-refractivity contribution is -0.149. The molecule has 0 radical (unpaired) electrons. The summed E-state index contributed by atoms with van der Waals surface area (Å²) in [6.45, 7) is 16.6. The normalized spacial score (nSPS) is 14.1. The van der Waals surface area contributed by atoms with Crippen molar-refractivity contribution < 1.29 is 28.7 Å². The summed E-state index contributed by atoms with van der Waals surface area (Å²) in [7, 11) is 0. The zero-order valence-electron chi connectivity index (χ0n) is 23.8. The van der Waals surface area contributed by atoms with Crippen LogP contribution in [0.2, 0.25) is 0 Å². The number of benzene rings is 1. The van der Waals surface area contributed by atoms with Gasteiger partial charge in [-0.2, -0.15) is 0 Å². The molecule has 0 bridgehead atoms. The van der Waals surface area contributed by atoms with E-state index < -0.39 is 47.1 Å². The zero-order chi connectivity index (χ0) is 28.4. The number of rotatable bonds is 11. The minimum Gasteiger partial charge on any atom is -0.466 e. The van der Waals surface area contributed by atoms with Crippen LogP contribution >= 0.6 is 0 Å². The Hall–Kier alpha value is -3.10. The number of amides is 3. The van der Waals surface area contributed by atoms with Crippen molar-refractivity contribution in [3.8, 4) is 0 Å². The van der Waals surface area contributed by atoms with Gasteiger partial charge in [-0.05, 0) is 59.9 Å². The lowest BCUT2D eigenvalue weighted by atomic mass is 9.91. The molecule has 3 amide bonds. The minimum atomic E-state index is -0.997. The number of hydrogen-bond donors (Lipinski definition) is 2. The molecule has 0 spiro atoms. The first-order valence-electron chi connectivity index (χ1n) is 12.9. The van der Waals surface area contributed by atoms with Gasteiger partial charge in [0.1, 0.15) is 17.7 Å². The van der Waals surface area contributed by atoms with Gasteiger partial charge in [-0.15, -0.1) is 0 Å². The van der Waals surface area contributed by atoms with E-state index in [4.69, 9.17) is 9.47 Å². The van der Waals surface area contributed by atoms with Gasteiger partial charge >= 0.3 is 12.1 Å². The van der Waals surface area contributed by atoms with Gasteiger partial charge in [0.2, 0.25) is 11.8 Å². The van der Waals surface area contributed by atoms with Gasteiger partial charge in [0, 0.05) is 12.1 Å². The molecule has 1 aromatic carbocycles. The highest BCUT2D eigenvalue weighted by Gasteiger charge is 2.43. The standard InChI is InChI=1S/C28H45N3O6/c1-10-19(3)22(30-26(35)37-28(7,8)9)25(34)31(27(4,5)6)23(20-15-13-12-14-16-20)24(33)29-18-17-21(32)36-11-2/h12-16,19,22-23H,10-11,17-18H2,1-9H3,(H,29,33)(H,30,35). The summed E-state index contributed by atoms with van der Waals surface area (Å²) in [6, 6.07) is 7.06. The topological polar surface area (TPSA) is 114 Å². The Morgan fingerprint density at radius 1 is 0.973 bits per heavy atom. The molecular weight excluding hydrogens is 474 g/mol.